The first kappa shape index (κ1) is 15.4. The van der Waals surface area contributed by atoms with Gasteiger partial charge in [0.05, 0.1) is 10.6 Å². The highest BCUT2D eigenvalue weighted by Crippen LogP contribution is 2.23. The molecule has 2 rings (SSSR count). The average molecular weight is 312 g/mol. The Morgan fingerprint density at radius 1 is 1.10 bits per heavy atom. The summed E-state index contributed by atoms with van der Waals surface area (Å²) in [7, 11) is -2.63. The van der Waals surface area contributed by atoms with Gasteiger partial charge in [0.25, 0.3) is 10.0 Å². The molecule has 0 radical (unpaired) electrons. The number of hydrogen-bond donors (Lipinski definition) is 1. The third-order valence-corrected chi connectivity index (χ3v) is 4.84. The standard InChI is InChI=1S/C14H14F2N2O2S/c1-18(11-4-2-3-10(7-11)9-17)21(19,20)12-5-6-13(15)14(16)8-12/h2-8H,9,17H2,1H3. The predicted octanol–water partition coefficient (Wildman–Crippen LogP) is 2.25. The highest BCUT2D eigenvalue weighted by Gasteiger charge is 2.22. The SMILES string of the molecule is CN(c1cccc(CN)c1)S(=O)(=O)c1ccc(F)c(F)c1. The lowest BCUT2D eigenvalue weighted by molar-refractivity contribution is 0.504. The van der Waals surface area contributed by atoms with Gasteiger partial charge in [-0.3, -0.25) is 4.31 Å². The normalized spacial score (nSPS) is 11.4. The number of sulfonamides is 1. The second-order valence-corrected chi connectivity index (χ2v) is 6.39. The first-order valence-electron chi connectivity index (χ1n) is 6.09. The molecule has 0 aliphatic rings. The minimum atomic E-state index is -3.97. The summed E-state index contributed by atoms with van der Waals surface area (Å²) in [5.74, 6) is -2.30. The van der Waals surface area contributed by atoms with Gasteiger partial charge < -0.3 is 5.73 Å². The van der Waals surface area contributed by atoms with E-state index in [-0.39, 0.29) is 11.4 Å². The number of rotatable bonds is 4. The topological polar surface area (TPSA) is 63.4 Å². The molecule has 0 saturated heterocycles. The molecule has 21 heavy (non-hydrogen) atoms. The van der Waals surface area contributed by atoms with Crippen LogP contribution in [0, 0.1) is 11.6 Å². The van der Waals surface area contributed by atoms with Crippen LogP contribution in [-0.2, 0) is 16.6 Å². The summed E-state index contributed by atoms with van der Waals surface area (Å²) in [5, 5.41) is 0. The predicted molar refractivity (Wildman–Crippen MR) is 76.3 cm³/mol. The molecule has 0 aliphatic heterocycles. The van der Waals surface area contributed by atoms with Crippen molar-refractivity contribution < 1.29 is 17.2 Å². The lowest BCUT2D eigenvalue weighted by Crippen LogP contribution is -2.26. The zero-order chi connectivity index (χ0) is 15.6. The fraction of sp³-hybridized carbons (Fsp3) is 0.143. The Kier molecular flexibility index (Phi) is 4.24. The van der Waals surface area contributed by atoms with Crippen molar-refractivity contribution in [3.8, 4) is 0 Å². The summed E-state index contributed by atoms with van der Waals surface area (Å²) in [6, 6.07) is 9.13. The lowest BCUT2D eigenvalue weighted by atomic mass is 10.2. The zero-order valence-corrected chi connectivity index (χ0v) is 12.1. The maximum absolute atomic E-state index is 13.2. The summed E-state index contributed by atoms with van der Waals surface area (Å²) < 4.78 is 51.9. The number of nitrogens with zero attached hydrogens (tertiary/aromatic N) is 1. The Bertz CT molecular complexity index is 763. The van der Waals surface area contributed by atoms with Crippen molar-refractivity contribution in [2.45, 2.75) is 11.4 Å². The Morgan fingerprint density at radius 3 is 2.43 bits per heavy atom. The van der Waals surface area contributed by atoms with Gasteiger partial charge >= 0.3 is 0 Å². The zero-order valence-electron chi connectivity index (χ0n) is 11.3. The maximum Gasteiger partial charge on any atom is 0.264 e. The van der Waals surface area contributed by atoms with Gasteiger partial charge in [0.15, 0.2) is 11.6 Å². The molecule has 0 aliphatic carbocycles. The number of nitrogens with two attached hydrogens (primary N) is 1. The van der Waals surface area contributed by atoms with Crippen LogP contribution in [0.25, 0.3) is 0 Å². The van der Waals surface area contributed by atoms with E-state index in [9.17, 15) is 17.2 Å². The van der Waals surface area contributed by atoms with Gasteiger partial charge in [0.2, 0.25) is 0 Å². The molecule has 0 atom stereocenters. The number of anilines is 1. The van der Waals surface area contributed by atoms with Gasteiger partial charge in [0.1, 0.15) is 0 Å². The van der Waals surface area contributed by atoms with Gasteiger partial charge in [0, 0.05) is 13.6 Å². The summed E-state index contributed by atoms with van der Waals surface area (Å²) in [6.07, 6.45) is 0. The molecule has 0 unspecified atom stereocenters. The summed E-state index contributed by atoms with van der Waals surface area (Å²) >= 11 is 0. The second kappa shape index (κ2) is 5.79. The molecular weight excluding hydrogens is 298 g/mol. The van der Waals surface area contributed by atoms with Crippen LogP contribution in [-0.4, -0.2) is 15.5 Å². The van der Waals surface area contributed by atoms with Crippen LogP contribution in [0.1, 0.15) is 5.56 Å². The van der Waals surface area contributed by atoms with Gasteiger partial charge in [-0.15, -0.1) is 0 Å². The van der Waals surface area contributed by atoms with E-state index in [4.69, 9.17) is 5.73 Å². The fourth-order valence-corrected chi connectivity index (χ4v) is 3.01. The van der Waals surface area contributed by atoms with E-state index >= 15 is 0 Å². The van der Waals surface area contributed by atoms with Crippen LogP contribution >= 0.6 is 0 Å². The van der Waals surface area contributed by atoms with Crippen molar-refractivity contribution in [3.63, 3.8) is 0 Å². The van der Waals surface area contributed by atoms with Crippen molar-refractivity contribution in [3.05, 3.63) is 59.7 Å². The number of hydrogen-bond acceptors (Lipinski definition) is 3. The van der Waals surface area contributed by atoms with Crippen molar-refractivity contribution in [2.75, 3.05) is 11.4 Å². The summed E-state index contributed by atoms with van der Waals surface area (Å²) in [6.45, 7) is 0.271. The Hall–Kier alpha value is -1.99. The van der Waals surface area contributed by atoms with Crippen LogP contribution in [0.15, 0.2) is 47.4 Å². The minimum absolute atomic E-state index is 0.271. The fourth-order valence-electron chi connectivity index (χ4n) is 1.81. The minimum Gasteiger partial charge on any atom is -0.326 e. The number of benzene rings is 2. The number of halogens is 2. The van der Waals surface area contributed by atoms with Crippen LogP contribution in [0.4, 0.5) is 14.5 Å². The van der Waals surface area contributed by atoms with Crippen LogP contribution < -0.4 is 10.0 Å². The van der Waals surface area contributed by atoms with Crippen LogP contribution in [0.5, 0.6) is 0 Å². The molecule has 0 bridgehead atoms. The summed E-state index contributed by atoms with van der Waals surface area (Å²) in [4.78, 5) is -0.318. The highest BCUT2D eigenvalue weighted by molar-refractivity contribution is 7.92. The Balaban J connectivity index is 2.44. The Morgan fingerprint density at radius 2 is 1.81 bits per heavy atom. The van der Waals surface area contributed by atoms with Crippen molar-refractivity contribution in [2.24, 2.45) is 5.73 Å². The monoisotopic (exact) mass is 312 g/mol. The molecule has 2 N–H and O–H groups in total. The smallest absolute Gasteiger partial charge is 0.264 e. The molecule has 112 valence electrons. The highest BCUT2D eigenvalue weighted by atomic mass is 32.2. The van der Waals surface area contributed by atoms with E-state index in [1.165, 1.54) is 7.05 Å². The van der Waals surface area contributed by atoms with E-state index < -0.39 is 21.7 Å². The third-order valence-electron chi connectivity index (χ3n) is 3.06. The molecule has 0 saturated carbocycles. The second-order valence-electron chi connectivity index (χ2n) is 4.42. The van der Waals surface area contributed by atoms with Crippen molar-refractivity contribution >= 4 is 15.7 Å². The maximum atomic E-state index is 13.2. The van der Waals surface area contributed by atoms with Gasteiger partial charge in [-0.2, -0.15) is 0 Å². The molecular formula is C14H14F2N2O2S. The molecule has 0 heterocycles. The molecule has 2 aromatic rings. The van der Waals surface area contributed by atoms with Gasteiger partial charge in [-0.05, 0) is 35.9 Å². The van der Waals surface area contributed by atoms with Crippen LogP contribution in [0.3, 0.4) is 0 Å². The first-order valence-corrected chi connectivity index (χ1v) is 7.53. The van der Waals surface area contributed by atoms with E-state index in [0.29, 0.717) is 11.8 Å². The first-order chi connectivity index (χ1) is 9.86. The largest absolute Gasteiger partial charge is 0.326 e. The Labute approximate surface area is 121 Å². The van der Waals surface area contributed by atoms with Crippen molar-refractivity contribution in [1.29, 1.82) is 0 Å². The van der Waals surface area contributed by atoms with E-state index in [1.807, 2.05) is 0 Å². The van der Waals surface area contributed by atoms with Gasteiger partial charge in [-0.1, -0.05) is 12.1 Å². The lowest BCUT2D eigenvalue weighted by Gasteiger charge is -2.20. The molecule has 4 nitrogen and oxygen atoms in total. The van der Waals surface area contributed by atoms with Gasteiger partial charge in [-0.25, -0.2) is 17.2 Å². The molecule has 2 aromatic carbocycles. The molecule has 7 heteroatoms. The molecule has 0 aromatic heterocycles. The third kappa shape index (κ3) is 3.03. The molecule has 0 fully saturated rings. The summed E-state index contributed by atoms with van der Waals surface area (Å²) in [5.41, 5.74) is 6.67. The molecule has 0 spiro atoms. The van der Waals surface area contributed by atoms with Crippen LogP contribution in [0.2, 0.25) is 0 Å². The van der Waals surface area contributed by atoms with E-state index in [0.717, 1.165) is 22.0 Å². The molecule has 0 amide bonds. The van der Waals surface area contributed by atoms with E-state index in [1.54, 1.807) is 24.3 Å². The van der Waals surface area contributed by atoms with E-state index in [2.05, 4.69) is 0 Å². The van der Waals surface area contributed by atoms with Crippen molar-refractivity contribution in [1.82, 2.24) is 0 Å². The average Bonchev–Trinajstić information content (AvgIpc) is 2.49. The quantitative estimate of drug-likeness (QED) is 0.942.